The SMILES string of the molecule is N#Cc1ccc(CN2CCC(NC(=O)c3ccc(C(=O)N4CCC(Oc5ccc([N+](=O)[O-])cc5)CC4)nc3)CC2)cc1. The summed E-state index contributed by atoms with van der Waals surface area (Å²) < 4.78 is 5.94. The van der Waals surface area contributed by atoms with E-state index in [9.17, 15) is 19.7 Å². The second kappa shape index (κ2) is 13.2. The predicted molar refractivity (Wildman–Crippen MR) is 154 cm³/mol. The number of hydrogen-bond donors (Lipinski definition) is 1. The van der Waals surface area contributed by atoms with Gasteiger partial charge < -0.3 is 15.0 Å². The Morgan fingerprint density at radius 1 is 0.976 bits per heavy atom. The second-order valence-electron chi connectivity index (χ2n) is 10.6. The first kappa shape index (κ1) is 28.7. The average Bonchev–Trinajstić information content (AvgIpc) is 3.03. The van der Waals surface area contributed by atoms with Crippen LogP contribution in [0.3, 0.4) is 0 Å². The molecule has 2 fully saturated rings. The molecule has 2 amide bonds. The first-order valence-electron chi connectivity index (χ1n) is 14.1. The number of non-ortho nitro benzene ring substituents is 1. The number of ether oxygens (including phenoxy) is 1. The fourth-order valence-corrected chi connectivity index (χ4v) is 5.28. The number of likely N-dealkylation sites (tertiary alicyclic amines) is 2. The van der Waals surface area contributed by atoms with Gasteiger partial charge in [-0.1, -0.05) is 12.1 Å². The fraction of sp³-hybridized carbons (Fsp3) is 0.355. The highest BCUT2D eigenvalue weighted by atomic mass is 16.6. The topological polar surface area (TPSA) is 142 Å². The number of nitro groups is 1. The van der Waals surface area contributed by atoms with Crippen molar-refractivity contribution in [1.29, 1.82) is 5.26 Å². The molecule has 11 nitrogen and oxygen atoms in total. The van der Waals surface area contributed by atoms with Gasteiger partial charge in [-0.3, -0.25) is 29.6 Å². The molecule has 11 heteroatoms. The van der Waals surface area contributed by atoms with E-state index in [-0.39, 0.29) is 35.3 Å². The Morgan fingerprint density at radius 2 is 1.67 bits per heavy atom. The van der Waals surface area contributed by atoms with E-state index in [4.69, 9.17) is 10.00 Å². The van der Waals surface area contributed by atoms with Crippen LogP contribution in [0.15, 0.2) is 66.9 Å². The molecular weight excluding hydrogens is 536 g/mol. The van der Waals surface area contributed by atoms with Crippen LogP contribution in [0.2, 0.25) is 0 Å². The van der Waals surface area contributed by atoms with Crippen molar-refractivity contribution in [2.24, 2.45) is 0 Å². The number of carbonyl (C=O) groups is 2. The van der Waals surface area contributed by atoms with Crippen LogP contribution in [0, 0.1) is 21.4 Å². The highest BCUT2D eigenvalue weighted by Gasteiger charge is 2.26. The summed E-state index contributed by atoms with van der Waals surface area (Å²) in [6.45, 7) is 3.56. The number of aromatic nitrogens is 1. The van der Waals surface area contributed by atoms with Crippen LogP contribution < -0.4 is 10.1 Å². The summed E-state index contributed by atoms with van der Waals surface area (Å²) in [6.07, 6.45) is 4.32. The minimum Gasteiger partial charge on any atom is -0.490 e. The third kappa shape index (κ3) is 7.27. The van der Waals surface area contributed by atoms with Crippen LogP contribution >= 0.6 is 0 Å². The zero-order chi connectivity index (χ0) is 29.5. The van der Waals surface area contributed by atoms with E-state index in [1.165, 1.54) is 18.3 Å². The van der Waals surface area contributed by atoms with Crippen molar-refractivity contribution in [1.82, 2.24) is 20.1 Å². The zero-order valence-corrected chi connectivity index (χ0v) is 23.1. The van der Waals surface area contributed by atoms with Gasteiger partial charge in [0.05, 0.1) is 22.1 Å². The lowest BCUT2D eigenvalue weighted by atomic mass is 10.0. The van der Waals surface area contributed by atoms with E-state index in [1.807, 2.05) is 24.3 Å². The van der Waals surface area contributed by atoms with Gasteiger partial charge in [0.2, 0.25) is 0 Å². The molecule has 2 saturated heterocycles. The van der Waals surface area contributed by atoms with Crippen LogP contribution in [-0.4, -0.2) is 69.8 Å². The van der Waals surface area contributed by atoms with E-state index in [0.29, 0.717) is 42.8 Å². The molecule has 0 aliphatic carbocycles. The molecule has 0 radical (unpaired) electrons. The molecule has 3 heterocycles. The third-order valence-corrected chi connectivity index (χ3v) is 7.74. The largest absolute Gasteiger partial charge is 0.490 e. The van der Waals surface area contributed by atoms with Gasteiger partial charge in [-0.15, -0.1) is 0 Å². The van der Waals surface area contributed by atoms with Gasteiger partial charge in [0.25, 0.3) is 17.5 Å². The second-order valence-corrected chi connectivity index (χ2v) is 10.6. The molecule has 1 N–H and O–H groups in total. The summed E-state index contributed by atoms with van der Waals surface area (Å²) >= 11 is 0. The van der Waals surface area contributed by atoms with Crippen molar-refractivity contribution < 1.29 is 19.2 Å². The van der Waals surface area contributed by atoms with Gasteiger partial charge in [-0.25, -0.2) is 0 Å². The number of nitrogens with one attached hydrogen (secondary N) is 1. The van der Waals surface area contributed by atoms with Gasteiger partial charge >= 0.3 is 0 Å². The quantitative estimate of drug-likeness (QED) is 0.318. The third-order valence-electron chi connectivity index (χ3n) is 7.74. The number of pyridine rings is 1. The molecule has 0 bridgehead atoms. The monoisotopic (exact) mass is 568 g/mol. The van der Waals surface area contributed by atoms with E-state index < -0.39 is 4.92 Å². The van der Waals surface area contributed by atoms with Gasteiger partial charge in [-0.2, -0.15) is 5.26 Å². The Balaban J connectivity index is 1.05. The molecule has 3 aromatic rings. The normalized spacial score (nSPS) is 16.4. The maximum atomic E-state index is 13.0. The van der Waals surface area contributed by atoms with Gasteiger partial charge in [0, 0.05) is 69.9 Å². The molecule has 216 valence electrons. The molecule has 2 aliphatic heterocycles. The van der Waals surface area contributed by atoms with Gasteiger partial charge in [0.15, 0.2) is 0 Å². The van der Waals surface area contributed by atoms with Crippen LogP contribution in [-0.2, 0) is 6.54 Å². The van der Waals surface area contributed by atoms with Crippen molar-refractivity contribution in [2.45, 2.75) is 44.4 Å². The maximum absolute atomic E-state index is 13.0. The van der Waals surface area contributed by atoms with Crippen molar-refractivity contribution in [3.05, 3.63) is 99.4 Å². The van der Waals surface area contributed by atoms with Crippen LogP contribution in [0.1, 0.15) is 57.7 Å². The maximum Gasteiger partial charge on any atom is 0.272 e. The summed E-state index contributed by atoms with van der Waals surface area (Å²) in [5.74, 6) is 0.177. The number of nitro benzene ring substituents is 1. The smallest absolute Gasteiger partial charge is 0.272 e. The van der Waals surface area contributed by atoms with Crippen LogP contribution in [0.4, 0.5) is 5.69 Å². The van der Waals surface area contributed by atoms with E-state index in [1.54, 1.807) is 29.2 Å². The van der Waals surface area contributed by atoms with Crippen molar-refractivity contribution >= 4 is 17.5 Å². The summed E-state index contributed by atoms with van der Waals surface area (Å²) in [5, 5.41) is 22.9. The van der Waals surface area contributed by atoms with Gasteiger partial charge in [-0.05, 0) is 54.8 Å². The molecule has 0 unspecified atom stereocenters. The number of amides is 2. The predicted octanol–water partition coefficient (Wildman–Crippen LogP) is 3.94. The van der Waals surface area contributed by atoms with Crippen molar-refractivity contribution in [3.63, 3.8) is 0 Å². The number of piperidine rings is 2. The Hall–Kier alpha value is -4.82. The number of hydrogen-bond acceptors (Lipinski definition) is 8. The minimum atomic E-state index is -0.452. The minimum absolute atomic E-state index is 0.0106. The Morgan fingerprint density at radius 3 is 2.26 bits per heavy atom. The fourth-order valence-electron chi connectivity index (χ4n) is 5.28. The zero-order valence-electron chi connectivity index (χ0n) is 23.1. The lowest BCUT2D eigenvalue weighted by Crippen LogP contribution is -2.44. The number of rotatable bonds is 8. The number of benzene rings is 2. The molecule has 5 rings (SSSR count). The molecule has 2 aromatic carbocycles. The number of nitriles is 1. The summed E-state index contributed by atoms with van der Waals surface area (Å²) in [7, 11) is 0. The van der Waals surface area contributed by atoms with E-state index >= 15 is 0 Å². The van der Waals surface area contributed by atoms with E-state index in [2.05, 4.69) is 21.3 Å². The average molecular weight is 569 g/mol. The Kier molecular flexibility index (Phi) is 9.04. The number of carbonyl (C=O) groups excluding carboxylic acids is 2. The first-order chi connectivity index (χ1) is 20.4. The molecular formula is C31H32N6O5. The molecule has 0 spiro atoms. The highest BCUT2D eigenvalue weighted by Crippen LogP contribution is 2.23. The van der Waals surface area contributed by atoms with Crippen molar-refractivity contribution in [3.8, 4) is 11.8 Å². The highest BCUT2D eigenvalue weighted by molar-refractivity contribution is 5.96. The standard InChI is InChI=1S/C31H32N6O5/c32-19-22-1-3-23(4-2-22)21-35-15-11-25(12-16-35)34-30(38)24-5-10-29(33-20-24)31(39)36-17-13-28(14-18-36)42-27-8-6-26(7-9-27)37(40)41/h1-10,20,25,28H,11-18,21H2,(H,34,38). The van der Waals surface area contributed by atoms with Crippen LogP contribution in [0.25, 0.3) is 0 Å². The van der Waals surface area contributed by atoms with Gasteiger partial charge in [0.1, 0.15) is 17.5 Å². The molecule has 0 saturated carbocycles. The molecule has 0 atom stereocenters. The molecule has 2 aliphatic rings. The van der Waals surface area contributed by atoms with Crippen LogP contribution in [0.5, 0.6) is 5.75 Å². The Labute approximate surface area is 243 Å². The van der Waals surface area contributed by atoms with Crippen molar-refractivity contribution in [2.75, 3.05) is 26.2 Å². The lowest BCUT2D eigenvalue weighted by Gasteiger charge is -2.32. The molecule has 42 heavy (non-hydrogen) atoms. The molecule has 1 aromatic heterocycles. The number of nitrogens with zero attached hydrogens (tertiary/aromatic N) is 5. The summed E-state index contributed by atoms with van der Waals surface area (Å²) in [5.41, 5.74) is 2.54. The summed E-state index contributed by atoms with van der Waals surface area (Å²) in [6, 6.07) is 19.1. The Bertz CT molecular complexity index is 1440. The summed E-state index contributed by atoms with van der Waals surface area (Å²) in [4.78, 5) is 44.5. The first-order valence-corrected chi connectivity index (χ1v) is 14.1. The van der Waals surface area contributed by atoms with E-state index in [0.717, 1.165) is 38.0 Å². The lowest BCUT2D eigenvalue weighted by molar-refractivity contribution is -0.384.